The number of nitrogens with zero attached hydrogens (tertiary/aromatic N) is 1. The Kier molecular flexibility index (Phi) is 4.54. The van der Waals surface area contributed by atoms with E-state index in [2.05, 4.69) is 15.9 Å². The van der Waals surface area contributed by atoms with E-state index in [1.165, 1.54) is 0 Å². The average Bonchev–Trinajstić information content (AvgIpc) is 2.67. The van der Waals surface area contributed by atoms with E-state index in [1.54, 1.807) is 0 Å². The molecule has 1 aromatic rings. The summed E-state index contributed by atoms with van der Waals surface area (Å²) in [7, 11) is 0. The van der Waals surface area contributed by atoms with Gasteiger partial charge in [-0.3, -0.25) is 4.99 Å². The van der Waals surface area contributed by atoms with Crippen molar-refractivity contribution in [3.8, 4) is 5.75 Å². The zero-order valence-electron chi connectivity index (χ0n) is 13.0. The van der Waals surface area contributed by atoms with Gasteiger partial charge in [0.2, 0.25) is 0 Å². The number of amidine groups is 1. The molecule has 6 heteroatoms. The van der Waals surface area contributed by atoms with Gasteiger partial charge in [-0.2, -0.15) is 0 Å². The maximum atomic E-state index is 6.16. The van der Waals surface area contributed by atoms with E-state index in [0.717, 1.165) is 27.1 Å². The second-order valence-corrected chi connectivity index (χ2v) is 7.22. The highest BCUT2D eigenvalue weighted by molar-refractivity contribution is 9.10. The van der Waals surface area contributed by atoms with Crippen LogP contribution in [0.15, 0.2) is 50.1 Å². The molecule has 2 aliphatic heterocycles. The topological polar surface area (TPSA) is 56.8 Å². The van der Waals surface area contributed by atoms with Gasteiger partial charge in [-0.1, -0.05) is 27.5 Å². The van der Waals surface area contributed by atoms with Gasteiger partial charge in [-0.05, 0) is 38.1 Å². The molecule has 1 unspecified atom stereocenters. The Morgan fingerprint density at radius 1 is 1.48 bits per heavy atom. The number of hydrogen-bond donors (Lipinski definition) is 1. The highest BCUT2D eigenvalue weighted by atomic mass is 79.9. The van der Waals surface area contributed by atoms with Crippen molar-refractivity contribution in [1.82, 2.24) is 0 Å². The van der Waals surface area contributed by atoms with Gasteiger partial charge in [-0.25, -0.2) is 0 Å². The molecule has 2 heterocycles. The van der Waals surface area contributed by atoms with E-state index < -0.39 is 5.54 Å². The first kappa shape index (κ1) is 16.6. The Labute approximate surface area is 149 Å². The zero-order valence-corrected chi connectivity index (χ0v) is 15.4. The number of hydrogen-bond acceptors (Lipinski definition) is 4. The summed E-state index contributed by atoms with van der Waals surface area (Å²) < 4.78 is 12.8. The molecule has 0 fully saturated rings. The molecule has 2 N–H and O–H groups in total. The molecule has 122 valence electrons. The van der Waals surface area contributed by atoms with E-state index in [-0.39, 0.29) is 0 Å². The first-order chi connectivity index (χ1) is 10.9. The molecule has 0 saturated heterocycles. The molecule has 1 atom stereocenters. The Morgan fingerprint density at radius 3 is 3.00 bits per heavy atom. The second kappa shape index (κ2) is 6.30. The number of ether oxygens (including phenoxy) is 2. The fourth-order valence-electron chi connectivity index (χ4n) is 3.00. The van der Waals surface area contributed by atoms with Gasteiger partial charge >= 0.3 is 0 Å². The third kappa shape index (κ3) is 3.05. The van der Waals surface area contributed by atoms with E-state index >= 15 is 0 Å². The molecule has 0 aromatic heterocycles. The summed E-state index contributed by atoms with van der Waals surface area (Å²) in [5.41, 5.74) is 7.18. The molecule has 0 radical (unpaired) electrons. The van der Waals surface area contributed by atoms with Crippen molar-refractivity contribution < 1.29 is 9.47 Å². The number of allylic oxidation sites excluding steroid dienone is 2. The molecule has 0 saturated carbocycles. The summed E-state index contributed by atoms with van der Waals surface area (Å²) in [4.78, 5) is 4.84. The van der Waals surface area contributed by atoms with Gasteiger partial charge < -0.3 is 15.2 Å². The Morgan fingerprint density at radius 2 is 2.26 bits per heavy atom. The fraction of sp³-hybridized carbons (Fsp3) is 0.353. The fourth-order valence-corrected chi connectivity index (χ4v) is 3.47. The summed E-state index contributed by atoms with van der Waals surface area (Å²) in [6, 6.07) is 5.87. The van der Waals surface area contributed by atoms with Crippen LogP contribution in [0.4, 0.5) is 0 Å². The summed E-state index contributed by atoms with van der Waals surface area (Å²) >= 11 is 9.68. The smallest absolute Gasteiger partial charge is 0.143 e. The van der Waals surface area contributed by atoms with Crippen molar-refractivity contribution in [2.24, 2.45) is 10.7 Å². The minimum absolute atomic E-state index is 0.397. The van der Waals surface area contributed by atoms with E-state index in [4.69, 9.17) is 31.8 Å². The third-order valence-corrected chi connectivity index (χ3v) is 4.57. The Bertz CT molecular complexity index is 738. The largest absolute Gasteiger partial charge is 0.461 e. The average molecular weight is 398 g/mol. The van der Waals surface area contributed by atoms with Crippen LogP contribution < -0.4 is 10.5 Å². The lowest BCUT2D eigenvalue weighted by molar-refractivity contribution is 0.105. The van der Waals surface area contributed by atoms with E-state index in [0.29, 0.717) is 30.5 Å². The SMILES string of the molecule is CC1=C(/C=C(\C)Cl)C2(COCCC(N)=N2)c2cc(Br)ccc2O1. The third-order valence-electron chi connectivity index (χ3n) is 3.97. The molecule has 4 nitrogen and oxygen atoms in total. The molecule has 1 spiro atoms. The van der Waals surface area contributed by atoms with Gasteiger partial charge in [0.05, 0.1) is 19.0 Å². The normalized spacial score (nSPS) is 24.9. The van der Waals surface area contributed by atoms with Crippen LogP contribution in [0.3, 0.4) is 0 Å². The minimum Gasteiger partial charge on any atom is -0.461 e. The summed E-state index contributed by atoms with van der Waals surface area (Å²) in [6.45, 7) is 4.69. The molecule has 1 aromatic carbocycles. The zero-order chi connectivity index (χ0) is 16.6. The van der Waals surface area contributed by atoms with Crippen LogP contribution in [0.25, 0.3) is 0 Å². The number of rotatable bonds is 1. The molecular formula is C17H18BrClN2O2. The quantitative estimate of drug-likeness (QED) is 0.771. The van der Waals surface area contributed by atoms with Crippen LogP contribution in [-0.4, -0.2) is 19.0 Å². The predicted molar refractivity (Wildman–Crippen MR) is 95.8 cm³/mol. The molecule has 2 aliphatic rings. The Hall–Kier alpha value is -1.30. The van der Waals surface area contributed by atoms with Gasteiger partial charge in [0.25, 0.3) is 0 Å². The van der Waals surface area contributed by atoms with E-state index in [1.807, 2.05) is 38.1 Å². The van der Waals surface area contributed by atoms with Crippen LogP contribution in [-0.2, 0) is 10.3 Å². The monoisotopic (exact) mass is 396 g/mol. The standard InChI is InChI=1S/C17H18BrClN2O2/c1-10(19)7-13-11(2)23-15-4-3-12(18)8-14(15)17(13)9-22-6-5-16(20)21-17/h3-4,7-8H,5-6,9H2,1-2H3,(H2,20,21)/b10-7+. The van der Waals surface area contributed by atoms with E-state index in [9.17, 15) is 0 Å². The molecular weight excluding hydrogens is 380 g/mol. The molecule has 3 rings (SSSR count). The number of aliphatic imine (C=N–C) groups is 1. The molecule has 0 aliphatic carbocycles. The number of halogens is 2. The highest BCUT2D eigenvalue weighted by Gasteiger charge is 2.44. The minimum atomic E-state index is -0.738. The van der Waals surface area contributed by atoms with Crippen molar-refractivity contribution in [2.75, 3.05) is 13.2 Å². The van der Waals surface area contributed by atoms with Gasteiger partial charge in [0.1, 0.15) is 17.0 Å². The van der Waals surface area contributed by atoms with Gasteiger partial charge in [-0.15, -0.1) is 0 Å². The lowest BCUT2D eigenvalue weighted by Crippen LogP contribution is -2.36. The maximum absolute atomic E-state index is 6.16. The van der Waals surface area contributed by atoms with Crippen molar-refractivity contribution in [3.05, 3.63) is 50.7 Å². The number of fused-ring (bicyclic) bond motifs is 2. The summed E-state index contributed by atoms with van der Waals surface area (Å²) in [5, 5.41) is 0.652. The van der Waals surface area contributed by atoms with Crippen LogP contribution in [0.2, 0.25) is 0 Å². The molecule has 0 bridgehead atoms. The molecule has 23 heavy (non-hydrogen) atoms. The first-order valence-corrected chi connectivity index (χ1v) is 8.54. The second-order valence-electron chi connectivity index (χ2n) is 5.71. The lowest BCUT2D eigenvalue weighted by atomic mass is 9.80. The summed E-state index contributed by atoms with van der Waals surface area (Å²) in [5.74, 6) is 2.08. The van der Waals surface area contributed by atoms with Gasteiger partial charge in [0.15, 0.2) is 0 Å². The number of nitrogens with two attached hydrogens (primary N) is 1. The van der Waals surface area contributed by atoms with Crippen LogP contribution in [0, 0.1) is 0 Å². The van der Waals surface area contributed by atoms with Crippen molar-refractivity contribution in [2.45, 2.75) is 25.8 Å². The lowest BCUT2D eigenvalue weighted by Gasteiger charge is -2.37. The first-order valence-electron chi connectivity index (χ1n) is 7.37. The van der Waals surface area contributed by atoms with Gasteiger partial charge in [0, 0.05) is 27.1 Å². The summed E-state index contributed by atoms with van der Waals surface area (Å²) in [6.07, 6.45) is 2.49. The highest BCUT2D eigenvalue weighted by Crippen LogP contribution is 2.47. The van der Waals surface area contributed by atoms with Crippen LogP contribution in [0.5, 0.6) is 5.75 Å². The van der Waals surface area contributed by atoms with Crippen molar-refractivity contribution in [1.29, 1.82) is 0 Å². The van der Waals surface area contributed by atoms with Crippen molar-refractivity contribution in [3.63, 3.8) is 0 Å². The van der Waals surface area contributed by atoms with Crippen molar-refractivity contribution >= 4 is 33.4 Å². The predicted octanol–water partition coefficient (Wildman–Crippen LogP) is 4.23. The maximum Gasteiger partial charge on any atom is 0.143 e. The molecule has 0 amide bonds. The Balaban J connectivity index is 2.31. The van der Waals surface area contributed by atoms with Crippen LogP contribution in [0.1, 0.15) is 25.8 Å². The van der Waals surface area contributed by atoms with Crippen LogP contribution >= 0.6 is 27.5 Å². The number of benzene rings is 1.